The predicted octanol–water partition coefficient (Wildman–Crippen LogP) is 9.15. The Labute approximate surface area is 414 Å². The number of allylic oxidation sites excluding steroid dienone is 1. The first-order valence-corrected chi connectivity index (χ1v) is 25.3. The monoisotopic (exact) mass is 975 g/mol. The number of aliphatic hydroxyl groups is 3. The van der Waals surface area contributed by atoms with Crippen molar-refractivity contribution < 1.29 is 48.8 Å². The number of unbranched alkanes of at least 4 members (excludes halogenated alkanes) is 2. The van der Waals surface area contributed by atoms with Crippen molar-refractivity contribution in [2.24, 2.45) is 22.9 Å². The molecule has 70 heavy (non-hydrogen) atoms. The SMILES string of the molecule is C=CCOC12Oc3ccc(OCCSc4ccccc4)cc3C3C(CCCCO)C(CCCCO)C=C(C(=NOCc4ccccc4)CC1N(CCOCCO)C(=O)C=Cc1ccc([N+](=O)[O-])cc1)C32. The van der Waals surface area contributed by atoms with E-state index in [1.54, 1.807) is 40.9 Å². The molecule has 0 radical (unpaired) electrons. The van der Waals surface area contributed by atoms with E-state index in [2.05, 4.69) is 30.9 Å². The number of nitrogens with zero attached hydrogens (tertiary/aromatic N) is 3. The summed E-state index contributed by atoms with van der Waals surface area (Å²) in [6.45, 7) is 4.95. The minimum Gasteiger partial charge on any atom is -0.493 e. The van der Waals surface area contributed by atoms with E-state index < -0.39 is 28.6 Å². The van der Waals surface area contributed by atoms with Gasteiger partial charge in [0, 0.05) is 66.5 Å². The lowest BCUT2D eigenvalue weighted by atomic mass is 9.55. The molecule has 7 rings (SSSR count). The first kappa shape index (κ1) is 52.0. The number of nitro groups is 1. The summed E-state index contributed by atoms with van der Waals surface area (Å²) in [4.78, 5) is 35.0. The number of carbonyl (C=O) groups excluding carboxylic acids is 1. The standard InChI is InChI=1S/C55H65N3O11S/c1-2-31-67-55-51(57(27-32-65-33-30-61)52(62)26-21-40-19-22-43(23-20-40)58(63)64)38-49(56-68-39-41-13-5-3-6-14-41)47-36-42(15-9-11-28-59)46(18-10-12-29-60)53(54(47)55)48-37-44(24-25-50(48)69-55)66-34-35-70-45-16-7-4-8-17-45/h2-8,13-14,16-17,19-26,36-37,42,46,51,53-54,59-61H,1,9-12,15,18,27-35,38-39H2. The van der Waals surface area contributed by atoms with Gasteiger partial charge in [-0.2, -0.15) is 0 Å². The van der Waals surface area contributed by atoms with E-state index in [-0.39, 0.29) is 82.7 Å². The molecule has 14 nitrogen and oxygen atoms in total. The van der Waals surface area contributed by atoms with Crippen LogP contribution in [-0.4, -0.2) is 107 Å². The first-order chi connectivity index (χ1) is 34.3. The van der Waals surface area contributed by atoms with Gasteiger partial charge in [0.25, 0.3) is 5.69 Å². The van der Waals surface area contributed by atoms with Crippen LogP contribution in [0, 0.1) is 27.9 Å². The second kappa shape index (κ2) is 26.4. The third-order valence-electron chi connectivity index (χ3n) is 13.2. The third kappa shape index (κ3) is 13.1. The Morgan fingerprint density at radius 2 is 1.66 bits per heavy atom. The van der Waals surface area contributed by atoms with E-state index in [1.165, 1.54) is 18.2 Å². The molecule has 0 saturated heterocycles. The molecule has 2 aliphatic carbocycles. The molecule has 6 unspecified atom stereocenters. The van der Waals surface area contributed by atoms with Crippen LogP contribution < -0.4 is 9.47 Å². The highest BCUT2D eigenvalue weighted by molar-refractivity contribution is 7.99. The molecule has 1 saturated carbocycles. The van der Waals surface area contributed by atoms with Crippen LogP contribution >= 0.6 is 11.8 Å². The Kier molecular flexibility index (Phi) is 19.6. The fourth-order valence-corrected chi connectivity index (χ4v) is 10.8. The molecular formula is C55H65N3O11S. The lowest BCUT2D eigenvalue weighted by Gasteiger charge is -2.60. The number of hydrogen-bond donors (Lipinski definition) is 3. The summed E-state index contributed by atoms with van der Waals surface area (Å²) in [6, 6.07) is 31.0. The number of fused-ring (bicyclic) bond motifs is 2. The summed E-state index contributed by atoms with van der Waals surface area (Å²) in [7, 11) is 0. The Hall–Kier alpha value is -5.81. The first-order valence-electron chi connectivity index (χ1n) is 24.3. The lowest BCUT2D eigenvalue weighted by Crippen LogP contribution is -2.70. The van der Waals surface area contributed by atoms with E-state index in [0.717, 1.165) is 53.0 Å². The number of amides is 1. The summed E-state index contributed by atoms with van der Waals surface area (Å²) in [5, 5.41) is 46.1. The van der Waals surface area contributed by atoms with Gasteiger partial charge in [-0.25, -0.2) is 0 Å². The summed E-state index contributed by atoms with van der Waals surface area (Å²) in [5.74, 6) is -0.687. The van der Waals surface area contributed by atoms with E-state index in [1.807, 2.05) is 60.7 Å². The average Bonchev–Trinajstić information content (AvgIpc) is 3.38. The van der Waals surface area contributed by atoms with Gasteiger partial charge < -0.3 is 44.0 Å². The van der Waals surface area contributed by atoms with Crippen LogP contribution in [0.5, 0.6) is 11.5 Å². The second-order valence-corrected chi connectivity index (χ2v) is 18.8. The number of thioether (sulfide) groups is 1. The zero-order valence-corrected chi connectivity index (χ0v) is 40.4. The molecule has 0 bridgehead atoms. The van der Waals surface area contributed by atoms with Gasteiger partial charge in [0.2, 0.25) is 11.7 Å². The third-order valence-corrected chi connectivity index (χ3v) is 14.1. The molecular weight excluding hydrogens is 911 g/mol. The minimum atomic E-state index is -1.52. The highest BCUT2D eigenvalue weighted by Crippen LogP contribution is 2.62. The largest absolute Gasteiger partial charge is 0.493 e. The number of nitro benzene ring substituents is 1. The van der Waals surface area contributed by atoms with Gasteiger partial charge in [-0.15, -0.1) is 18.3 Å². The molecule has 4 aromatic carbocycles. The maximum atomic E-state index is 15.0. The van der Waals surface area contributed by atoms with E-state index in [0.29, 0.717) is 42.2 Å². The number of ether oxygens (including phenoxy) is 4. The maximum absolute atomic E-state index is 15.0. The van der Waals surface area contributed by atoms with Gasteiger partial charge in [-0.05, 0) is 103 Å². The Morgan fingerprint density at radius 3 is 2.37 bits per heavy atom. The molecule has 3 N–H and O–H groups in total. The molecule has 0 aromatic heterocycles. The maximum Gasteiger partial charge on any atom is 0.269 e. The predicted molar refractivity (Wildman–Crippen MR) is 271 cm³/mol. The zero-order valence-electron chi connectivity index (χ0n) is 39.6. The Bertz CT molecular complexity index is 2400. The van der Waals surface area contributed by atoms with Crippen LogP contribution in [0.1, 0.15) is 67.6 Å². The van der Waals surface area contributed by atoms with Crippen LogP contribution in [0.3, 0.4) is 0 Å². The van der Waals surface area contributed by atoms with Gasteiger partial charge >= 0.3 is 0 Å². The molecule has 1 fully saturated rings. The molecule has 0 spiro atoms. The van der Waals surface area contributed by atoms with Crippen LogP contribution in [0.2, 0.25) is 0 Å². The number of aliphatic hydroxyl groups excluding tert-OH is 3. The highest BCUT2D eigenvalue weighted by Gasteiger charge is 2.65. The number of hydrogen-bond acceptors (Lipinski definition) is 13. The van der Waals surface area contributed by atoms with Gasteiger partial charge in [-0.1, -0.05) is 78.7 Å². The van der Waals surface area contributed by atoms with Crippen LogP contribution in [0.25, 0.3) is 6.08 Å². The van der Waals surface area contributed by atoms with Crippen molar-refractivity contribution in [2.75, 3.05) is 58.5 Å². The smallest absolute Gasteiger partial charge is 0.269 e. The quantitative estimate of drug-likeness (QED) is 0.0123. The van der Waals surface area contributed by atoms with Gasteiger partial charge in [0.1, 0.15) is 24.1 Å². The second-order valence-electron chi connectivity index (χ2n) is 17.6. The summed E-state index contributed by atoms with van der Waals surface area (Å²) < 4.78 is 26.8. The fraction of sp³-hybridized carbons (Fsp3) is 0.418. The van der Waals surface area contributed by atoms with Crippen molar-refractivity contribution in [1.82, 2.24) is 4.90 Å². The molecule has 4 aromatic rings. The average molecular weight is 976 g/mol. The topological polar surface area (TPSA) is 183 Å². The number of benzene rings is 4. The fourth-order valence-electron chi connectivity index (χ4n) is 10.1. The minimum absolute atomic E-state index is 0.00143. The summed E-state index contributed by atoms with van der Waals surface area (Å²) in [6.07, 6.45) is 11.6. The molecule has 1 aliphatic heterocycles. The van der Waals surface area contributed by atoms with Crippen LogP contribution in [-0.2, 0) is 25.7 Å². The summed E-state index contributed by atoms with van der Waals surface area (Å²) >= 11 is 1.72. The normalized spacial score (nSPS) is 21.8. The summed E-state index contributed by atoms with van der Waals surface area (Å²) in [5.41, 5.74) is 3.93. The van der Waals surface area contributed by atoms with Crippen LogP contribution in [0.4, 0.5) is 5.69 Å². The molecule has 1 heterocycles. The van der Waals surface area contributed by atoms with E-state index >= 15 is 0 Å². The van der Waals surface area contributed by atoms with E-state index in [4.69, 9.17) is 28.9 Å². The van der Waals surface area contributed by atoms with Crippen molar-refractivity contribution in [3.8, 4) is 11.5 Å². The molecule has 15 heteroatoms. The lowest BCUT2D eigenvalue weighted by molar-refractivity contribution is -0.384. The van der Waals surface area contributed by atoms with Crippen LogP contribution in [0.15, 0.2) is 144 Å². The van der Waals surface area contributed by atoms with Crippen molar-refractivity contribution in [2.45, 2.75) is 74.2 Å². The Morgan fingerprint density at radius 1 is 0.914 bits per heavy atom. The van der Waals surface area contributed by atoms with Crippen molar-refractivity contribution in [3.05, 3.63) is 160 Å². The number of non-ortho nitro benzene ring substituents is 1. The number of oxime groups is 1. The number of rotatable bonds is 28. The molecule has 6 atom stereocenters. The van der Waals surface area contributed by atoms with Crippen molar-refractivity contribution >= 4 is 35.1 Å². The molecule has 372 valence electrons. The van der Waals surface area contributed by atoms with Crippen molar-refractivity contribution in [1.29, 1.82) is 0 Å². The highest BCUT2D eigenvalue weighted by atomic mass is 32.2. The van der Waals surface area contributed by atoms with Gasteiger partial charge in [0.15, 0.2) is 0 Å². The number of carbonyl (C=O) groups is 1. The van der Waals surface area contributed by atoms with Crippen molar-refractivity contribution in [3.63, 3.8) is 0 Å². The Balaban J connectivity index is 1.38. The molecule has 3 aliphatic rings. The van der Waals surface area contributed by atoms with Gasteiger partial charge in [-0.3, -0.25) is 14.9 Å². The van der Waals surface area contributed by atoms with E-state index in [9.17, 15) is 30.2 Å². The molecule has 1 amide bonds. The van der Waals surface area contributed by atoms with Gasteiger partial charge in [0.05, 0.1) is 49.6 Å². The zero-order chi connectivity index (χ0) is 49.1.